The monoisotopic (exact) mass is 168 g/mol. The van der Waals surface area contributed by atoms with Crippen LogP contribution in [-0.4, -0.2) is 25.7 Å². The Balaban J connectivity index is 1.69. The van der Waals surface area contributed by atoms with Crippen molar-refractivity contribution in [1.29, 1.82) is 0 Å². The van der Waals surface area contributed by atoms with Gasteiger partial charge in [0, 0.05) is 6.04 Å². The van der Waals surface area contributed by atoms with E-state index in [0.717, 1.165) is 12.0 Å². The lowest BCUT2D eigenvalue weighted by atomic mass is 9.90. The predicted molar refractivity (Wildman–Crippen MR) is 51.2 cm³/mol. The highest BCUT2D eigenvalue weighted by Crippen LogP contribution is 2.21. The molecule has 70 valence electrons. The van der Waals surface area contributed by atoms with E-state index >= 15 is 0 Å². The van der Waals surface area contributed by atoms with E-state index in [4.69, 9.17) is 0 Å². The molecule has 0 bridgehead atoms. The molecule has 1 unspecified atom stereocenters. The maximum Gasteiger partial charge on any atom is 0.00701 e. The van der Waals surface area contributed by atoms with Gasteiger partial charge in [0.25, 0.3) is 0 Å². The molecule has 0 amide bonds. The lowest BCUT2D eigenvalue weighted by Crippen LogP contribution is -2.32. The standard InChI is InChI=1S/C10H20N2/c1-2-10(12-5-1)8-9-3-6-11-7-4-9/h9-12H,1-8H2. The summed E-state index contributed by atoms with van der Waals surface area (Å²) in [6.07, 6.45) is 7.05. The van der Waals surface area contributed by atoms with Crippen LogP contribution in [0.3, 0.4) is 0 Å². The lowest BCUT2D eigenvalue weighted by Gasteiger charge is -2.25. The van der Waals surface area contributed by atoms with Crippen LogP contribution in [-0.2, 0) is 0 Å². The first-order valence-corrected chi connectivity index (χ1v) is 5.39. The van der Waals surface area contributed by atoms with Crippen molar-refractivity contribution in [2.75, 3.05) is 19.6 Å². The van der Waals surface area contributed by atoms with Crippen LogP contribution in [0.5, 0.6) is 0 Å². The third-order valence-electron chi connectivity index (χ3n) is 3.24. The van der Waals surface area contributed by atoms with E-state index in [-0.39, 0.29) is 0 Å². The Kier molecular flexibility index (Phi) is 3.01. The van der Waals surface area contributed by atoms with Gasteiger partial charge in [-0.05, 0) is 57.7 Å². The summed E-state index contributed by atoms with van der Waals surface area (Å²) in [6, 6.07) is 0.855. The minimum absolute atomic E-state index is 0.855. The zero-order valence-electron chi connectivity index (χ0n) is 7.81. The predicted octanol–water partition coefficient (Wildman–Crippen LogP) is 1.13. The molecule has 0 spiro atoms. The second-order valence-electron chi connectivity index (χ2n) is 4.22. The molecule has 2 fully saturated rings. The summed E-state index contributed by atoms with van der Waals surface area (Å²) >= 11 is 0. The van der Waals surface area contributed by atoms with Crippen LogP contribution in [0.15, 0.2) is 0 Å². The van der Waals surface area contributed by atoms with Crippen LogP contribution in [0, 0.1) is 5.92 Å². The van der Waals surface area contributed by atoms with Gasteiger partial charge in [-0.1, -0.05) is 0 Å². The molecule has 2 rings (SSSR count). The maximum absolute atomic E-state index is 3.58. The Morgan fingerprint density at radius 1 is 1.00 bits per heavy atom. The van der Waals surface area contributed by atoms with E-state index in [0.29, 0.717) is 0 Å². The van der Waals surface area contributed by atoms with Crippen LogP contribution in [0.25, 0.3) is 0 Å². The Bertz CT molecular complexity index is 124. The molecule has 2 aliphatic rings. The maximum atomic E-state index is 3.58. The highest BCUT2D eigenvalue weighted by Gasteiger charge is 2.20. The fraction of sp³-hybridized carbons (Fsp3) is 1.00. The molecule has 2 N–H and O–H groups in total. The second kappa shape index (κ2) is 4.24. The zero-order chi connectivity index (χ0) is 8.23. The molecular formula is C10H20N2. The van der Waals surface area contributed by atoms with Gasteiger partial charge in [0.05, 0.1) is 0 Å². The molecule has 2 nitrogen and oxygen atoms in total. The smallest absolute Gasteiger partial charge is 0.00701 e. The summed E-state index contributed by atoms with van der Waals surface area (Å²) in [5.74, 6) is 1.00. The Morgan fingerprint density at radius 3 is 2.50 bits per heavy atom. The fourth-order valence-electron chi connectivity index (χ4n) is 2.48. The lowest BCUT2D eigenvalue weighted by molar-refractivity contribution is 0.321. The van der Waals surface area contributed by atoms with E-state index in [9.17, 15) is 0 Å². The first-order chi connectivity index (χ1) is 5.95. The summed E-state index contributed by atoms with van der Waals surface area (Å²) < 4.78 is 0. The van der Waals surface area contributed by atoms with Crippen molar-refractivity contribution in [3.63, 3.8) is 0 Å². The van der Waals surface area contributed by atoms with Crippen molar-refractivity contribution in [1.82, 2.24) is 10.6 Å². The van der Waals surface area contributed by atoms with Gasteiger partial charge in [0.2, 0.25) is 0 Å². The van der Waals surface area contributed by atoms with Crippen molar-refractivity contribution < 1.29 is 0 Å². The molecule has 0 saturated carbocycles. The van der Waals surface area contributed by atoms with Gasteiger partial charge in [-0.25, -0.2) is 0 Å². The molecule has 1 atom stereocenters. The number of rotatable bonds is 2. The quantitative estimate of drug-likeness (QED) is 0.646. The number of hydrogen-bond donors (Lipinski definition) is 2. The zero-order valence-corrected chi connectivity index (χ0v) is 7.81. The Morgan fingerprint density at radius 2 is 1.83 bits per heavy atom. The third kappa shape index (κ3) is 2.20. The molecule has 2 heterocycles. The summed E-state index contributed by atoms with van der Waals surface area (Å²) in [5, 5.41) is 7.00. The molecular weight excluding hydrogens is 148 g/mol. The van der Waals surface area contributed by atoms with E-state index < -0.39 is 0 Å². The first kappa shape index (κ1) is 8.52. The minimum Gasteiger partial charge on any atom is -0.317 e. The largest absolute Gasteiger partial charge is 0.317 e. The number of nitrogens with one attached hydrogen (secondary N) is 2. The highest BCUT2D eigenvalue weighted by atomic mass is 14.9. The van der Waals surface area contributed by atoms with E-state index in [1.165, 1.54) is 51.7 Å². The fourth-order valence-corrected chi connectivity index (χ4v) is 2.48. The molecule has 2 saturated heterocycles. The summed E-state index contributed by atoms with van der Waals surface area (Å²) in [6.45, 7) is 3.75. The van der Waals surface area contributed by atoms with Gasteiger partial charge in [-0.15, -0.1) is 0 Å². The van der Waals surface area contributed by atoms with E-state index in [2.05, 4.69) is 10.6 Å². The average Bonchev–Trinajstić information content (AvgIpc) is 2.59. The topological polar surface area (TPSA) is 24.1 Å². The van der Waals surface area contributed by atoms with Crippen molar-refractivity contribution in [3.05, 3.63) is 0 Å². The summed E-state index contributed by atoms with van der Waals surface area (Å²) in [4.78, 5) is 0. The van der Waals surface area contributed by atoms with Crippen molar-refractivity contribution in [3.8, 4) is 0 Å². The molecule has 0 aromatic heterocycles. The summed E-state index contributed by atoms with van der Waals surface area (Å²) in [7, 11) is 0. The normalized spacial score (nSPS) is 32.5. The average molecular weight is 168 g/mol. The van der Waals surface area contributed by atoms with Crippen molar-refractivity contribution in [2.24, 2.45) is 5.92 Å². The van der Waals surface area contributed by atoms with Crippen LogP contribution in [0.2, 0.25) is 0 Å². The molecule has 2 aliphatic heterocycles. The number of hydrogen-bond acceptors (Lipinski definition) is 2. The van der Waals surface area contributed by atoms with Gasteiger partial charge in [-0.3, -0.25) is 0 Å². The van der Waals surface area contributed by atoms with Crippen LogP contribution in [0.4, 0.5) is 0 Å². The summed E-state index contributed by atoms with van der Waals surface area (Å²) in [5.41, 5.74) is 0. The van der Waals surface area contributed by atoms with Gasteiger partial charge in [-0.2, -0.15) is 0 Å². The van der Waals surface area contributed by atoms with Gasteiger partial charge in [0.1, 0.15) is 0 Å². The van der Waals surface area contributed by atoms with Gasteiger partial charge < -0.3 is 10.6 Å². The molecule has 2 heteroatoms. The molecule has 0 radical (unpaired) electrons. The first-order valence-electron chi connectivity index (χ1n) is 5.39. The minimum atomic E-state index is 0.855. The second-order valence-corrected chi connectivity index (χ2v) is 4.22. The SMILES string of the molecule is C1CNC(CC2CCNCC2)C1. The Hall–Kier alpha value is -0.0800. The van der Waals surface area contributed by atoms with Gasteiger partial charge >= 0.3 is 0 Å². The molecule has 12 heavy (non-hydrogen) atoms. The Labute approximate surface area is 75.1 Å². The van der Waals surface area contributed by atoms with E-state index in [1.54, 1.807) is 0 Å². The third-order valence-corrected chi connectivity index (χ3v) is 3.24. The van der Waals surface area contributed by atoms with Crippen LogP contribution < -0.4 is 10.6 Å². The highest BCUT2D eigenvalue weighted by molar-refractivity contribution is 4.79. The molecule has 0 aliphatic carbocycles. The van der Waals surface area contributed by atoms with Crippen molar-refractivity contribution >= 4 is 0 Å². The molecule has 0 aromatic rings. The van der Waals surface area contributed by atoms with Crippen LogP contribution in [0.1, 0.15) is 32.1 Å². The van der Waals surface area contributed by atoms with Crippen LogP contribution >= 0.6 is 0 Å². The number of piperidine rings is 1. The van der Waals surface area contributed by atoms with Crippen molar-refractivity contribution in [2.45, 2.75) is 38.1 Å². The van der Waals surface area contributed by atoms with E-state index in [1.807, 2.05) is 0 Å². The molecule has 0 aromatic carbocycles. The van der Waals surface area contributed by atoms with Gasteiger partial charge in [0.15, 0.2) is 0 Å².